The van der Waals surface area contributed by atoms with Crippen molar-refractivity contribution < 1.29 is 9.53 Å². The number of ether oxygens (including phenoxy) is 1. The second-order valence-electron chi connectivity index (χ2n) is 4.09. The Kier molecular flexibility index (Phi) is 4.18. The highest BCUT2D eigenvalue weighted by molar-refractivity contribution is 5.89. The minimum Gasteiger partial charge on any atom is -0.462 e. The molecular formula is C15H17NO2. The maximum atomic E-state index is 11.5. The lowest BCUT2D eigenvalue weighted by molar-refractivity contribution is 0.0526. The van der Waals surface area contributed by atoms with E-state index in [0.717, 1.165) is 13.0 Å². The third-order valence-electron chi connectivity index (χ3n) is 2.76. The summed E-state index contributed by atoms with van der Waals surface area (Å²) in [4.78, 5) is 11.5. The van der Waals surface area contributed by atoms with Crippen LogP contribution in [0.25, 0.3) is 0 Å². The SMILES string of the molecule is CCOC(=O)c1ccn(CCc2ccccc2)c1. The fraction of sp³-hybridized carbons (Fsp3) is 0.267. The van der Waals surface area contributed by atoms with E-state index in [-0.39, 0.29) is 5.97 Å². The van der Waals surface area contributed by atoms with Gasteiger partial charge in [-0.25, -0.2) is 4.79 Å². The van der Waals surface area contributed by atoms with Crippen molar-refractivity contribution in [2.24, 2.45) is 0 Å². The first-order valence-corrected chi connectivity index (χ1v) is 6.16. The lowest BCUT2D eigenvalue weighted by Crippen LogP contribution is -2.04. The van der Waals surface area contributed by atoms with Gasteiger partial charge in [-0.2, -0.15) is 0 Å². The van der Waals surface area contributed by atoms with Gasteiger partial charge in [0.15, 0.2) is 0 Å². The molecule has 0 aliphatic rings. The second kappa shape index (κ2) is 6.05. The third-order valence-corrected chi connectivity index (χ3v) is 2.76. The minimum atomic E-state index is -0.254. The van der Waals surface area contributed by atoms with Crippen LogP contribution in [0.2, 0.25) is 0 Å². The second-order valence-corrected chi connectivity index (χ2v) is 4.09. The highest BCUT2D eigenvalue weighted by atomic mass is 16.5. The van der Waals surface area contributed by atoms with Gasteiger partial charge in [-0.3, -0.25) is 0 Å². The van der Waals surface area contributed by atoms with E-state index in [1.807, 2.05) is 42.1 Å². The minimum absolute atomic E-state index is 0.254. The van der Waals surface area contributed by atoms with Gasteiger partial charge < -0.3 is 9.30 Å². The largest absolute Gasteiger partial charge is 0.462 e. The molecule has 94 valence electrons. The summed E-state index contributed by atoms with van der Waals surface area (Å²) in [5.74, 6) is -0.254. The van der Waals surface area contributed by atoms with Crippen LogP contribution in [-0.4, -0.2) is 17.1 Å². The molecule has 0 aliphatic heterocycles. The molecule has 0 saturated carbocycles. The Hall–Kier alpha value is -2.03. The number of benzene rings is 1. The van der Waals surface area contributed by atoms with Gasteiger partial charge in [0.1, 0.15) is 0 Å². The van der Waals surface area contributed by atoms with E-state index < -0.39 is 0 Å². The van der Waals surface area contributed by atoms with Gasteiger partial charge >= 0.3 is 5.97 Å². The molecule has 0 N–H and O–H groups in total. The Balaban J connectivity index is 1.93. The van der Waals surface area contributed by atoms with E-state index in [2.05, 4.69) is 12.1 Å². The van der Waals surface area contributed by atoms with Crippen LogP contribution in [0.5, 0.6) is 0 Å². The monoisotopic (exact) mass is 243 g/mol. The molecule has 2 aromatic rings. The molecule has 18 heavy (non-hydrogen) atoms. The lowest BCUT2D eigenvalue weighted by atomic mass is 10.1. The van der Waals surface area contributed by atoms with Gasteiger partial charge in [0, 0.05) is 18.9 Å². The summed E-state index contributed by atoms with van der Waals surface area (Å²) in [6.07, 6.45) is 4.70. The lowest BCUT2D eigenvalue weighted by Gasteiger charge is -2.03. The molecule has 0 bridgehead atoms. The molecule has 1 heterocycles. The van der Waals surface area contributed by atoms with Crippen LogP contribution in [0.4, 0.5) is 0 Å². The van der Waals surface area contributed by atoms with Gasteiger partial charge in [-0.1, -0.05) is 30.3 Å². The first kappa shape index (κ1) is 12.4. The molecule has 1 aromatic carbocycles. The Labute approximate surface area is 107 Å². The maximum absolute atomic E-state index is 11.5. The van der Waals surface area contributed by atoms with E-state index >= 15 is 0 Å². The van der Waals surface area contributed by atoms with Crippen LogP contribution in [0.15, 0.2) is 48.8 Å². The number of carbonyl (C=O) groups excluding carboxylic acids is 1. The zero-order valence-electron chi connectivity index (χ0n) is 10.5. The van der Waals surface area contributed by atoms with Crippen molar-refractivity contribution in [1.82, 2.24) is 4.57 Å². The van der Waals surface area contributed by atoms with E-state index in [9.17, 15) is 4.79 Å². The number of rotatable bonds is 5. The number of aryl methyl sites for hydroxylation is 2. The predicted molar refractivity (Wildman–Crippen MR) is 70.5 cm³/mol. The fourth-order valence-corrected chi connectivity index (χ4v) is 1.82. The third kappa shape index (κ3) is 3.23. The standard InChI is InChI=1S/C15H17NO2/c1-2-18-15(17)14-9-11-16(12-14)10-8-13-6-4-3-5-7-13/h3-7,9,11-12H,2,8,10H2,1H3. The molecular weight excluding hydrogens is 226 g/mol. The van der Waals surface area contributed by atoms with Crippen LogP contribution in [-0.2, 0) is 17.7 Å². The number of hydrogen-bond acceptors (Lipinski definition) is 2. The van der Waals surface area contributed by atoms with E-state index in [4.69, 9.17) is 4.74 Å². The quantitative estimate of drug-likeness (QED) is 0.756. The van der Waals surface area contributed by atoms with Crippen LogP contribution in [0.3, 0.4) is 0 Å². The van der Waals surface area contributed by atoms with Gasteiger partial charge in [0.2, 0.25) is 0 Å². The number of nitrogens with zero attached hydrogens (tertiary/aromatic N) is 1. The fourth-order valence-electron chi connectivity index (χ4n) is 1.82. The Bertz CT molecular complexity index is 502. The van der Waals surface area contributed by atoms with Crippen molar-refractivity contribution in [3.8, 4) is 0 Å². The summed E-state index contributed by atoms with van der Waals surface area (Å²) in [7, 11) is 0. The van der Waals surface area contributed by atoms with Crippen molar-refractivity contribution in [3.63, 3.8) is 0 Å². The van der Waals surface area contributed by atoms with Gasteiger partial charge in [-0.15, -0.1) is 0 Å². The highest BCUT2D eigenvalue weighted by Gasteiger charge is 2.07. The number of carbonyl (C=O) groups is 1. The molecule has 3 heteroatoms. The summed E-state index contributed by atoms with van der Waals surface area (Å²) in [6, 6.07) is 12.1. The smallest absolute Gasteiger partial charge is 0.339 e. The van der Waals surface area contributed by atoms with Crippen molar-refractivity contribution in [2.45, 2.75) is 19.9 Å². The van der Waals surface area contributed by atoms with Gasteiger partial charge in [0.05, 0.1) is 12.2 Å². The molecule has 0 saturated heterocycles. The molecule has 0 radical (unpaired) electrons. The number of hydrogen-bond donors (Lipinski definition) is 0. The Morgan fingerprint density at radius 3 is 2.72 bits per heavy atom. The first-order valence-electron chi connectivity index (χ1n) is 6.16. The predicted octanol–water partition coefficient (Wildman–Crippen LogP) is 2.91. The molecule has 0 spiro atoms. The molecule has 0 fully saturated rings. The van der Waals surface area contributed by atoms with Gasteiger partial charge in [0.25, 0.3) is 0 Å². The Morgan fingerprint density at radius 2 is 2.00 bits per heavy atom. The summed E-state index contributed by atoms with van der Waals surface area (Å²) in [6.45, 7) is 3.09. The molecule has 2 rings (SSSR count). The van der Waals surface area contributed by atoms with E-state index in [1.165, 1.54) is 5.56 Å². The molecule has 1 aromatic heterocycles. The maximum Gasteiger partial charge on any atom is 0.339 e. The average Bonchev–Trinajstić information content (AvgIpc) is 2.87. The van der Waals surface area contributed by atoms with Gasteiger partial charge in [-0.05, 0) is 25.0 Å². The molecule has 0 amide bonds. The summed E-state index contributed by atoms with van der Waals surface area (Å²) in [5.41, 5.74) is 1.91. The molecule has 0 unspecified atom stereocenters. The van der Waals surface area contributed by atoms with Crippen molar-refractivity contribution >= 4 is 5.97 Å². The van der Waals surface area contributed by atoms with E-state index in [0.29, 0.717) is 12.2 Å². The average molecular weight is 243 g/mol. The highest BCUT2D eigenvalue weighted by Crippen LogP contribution is 2.06. The first-order chi connectivity index (χ1) is 8.79. The molecule has 0 atom stereocenters. The summed E-state index contributed by atoms with van der Waals surface area (Å²) < 4.78 is 6.96. The topological polar surface area (TPSA) is 31.2 Å². The zero-order valence-corrected chi connectivity index (χ0v) is 10.5. The summed E-state index contributed by atoms with van der Waals surface area (Å²) >= 11 is 0. The van der Waals surface area contributed by atoms with Crippen LogP contribution < -0.4 is 0 Å². The van der Waals surface area contributed by atoms with Crippen molar-refractivity contribution in [1.29, 1.82) is 0 Å². The van der Waals surface area contributed by atoms with E-state index in [1.54, 1.807) is 6.07 Å². The zero-order chi connectivity index (χ0) is 12.8. The van der Waals surface area contributed by atoms with Crippen molar-refractivity contribution in [3.05, 3.63) is 59.9 Å². The summed E-state index contributed by atoms with van der Waals surface area (Å²) in [5, 5.41) is 0. The Morgan fingerprint density at radius 1 is 1.22 bits per heavy atom. The normalized spacial score (nSPS) is 10.3. The molecule has 3 nitrogen and oxygen atoms in total. The van der Waals surface area contributed by atoms with Crippen LogP contribution in [0.1, 0.15) is 22.8 Å². The van der Waals surface area contributed by atoms with Crippen LogP contribution >= 0.6 is 0 Å². The number of esters is 1. The number of aromatic nitrogens is 1. The molecule has 0 aliphatic carbocycles. The van der Waals surface area contributed by atoms with Crippen LogP contribution in [0, 0.1) is 0 Å². The van der Waals surface area contributed by atoms with Crippen molar-refractivity contribution in [2.75, 3.05) is 6.61 Å².